The van der Waals surface area contributed by atoms with Gasteiger partial charge in [-0.3, -0.25) is 4.79 Å². The lowest BCUT2D eigenvalue weighted by Gasteiger charge is -2.07. The van der Waals surface area contributed by atoms with Gasteiger partial charge in [-0.05, 0) is 25.1 Å². The van der Waals surface area contributed by atoms with Crippen molar-refractivity contribution in [1.82, 2.24) is 10.6 Å². The zero-order valence-electron chi connectivity index (χ0n) is 9.79. The van der Waals surface area contributed by atoms with Crippen molar-refractivity contribution in [1.29, 1.82) is 0 Å². The highest BCUT2D eigenvalue weighted by Gasteiger charge is 2.02. The van der Waals surface area contributed by atoms with Crippen LogP contribution in [0.4, 0.5) is 0 Å². The fourth-order valence-corrected chi connectivity index (χ4v) is 1.81. The molecule has 0 fully saturated rings. The van der Waals surface area contributed by atoms with Crippen molar-refractivity contribution in [2.45, 2.75) is 19.9 Å². The normalized spacial score (nSPS) is 10.2. The van der Waals surface area contributed by atoms with Crippen LogP contribution < -0.4 is 10.6 Å². The first kappa shape index (κ1) is 14.0. The average Bonchev–Trinajstić information content (AvgIpc) is 2.29. The summed E-state index contributed by atoms with van der Waals surface area (Å²) in [5, 5.41) is 15.4. The minimum atomic E-state index is 0.0402. The highest BCUT2D eigenvalue weighted by atomic mass is 79.9. The maximum Gasteiger partial charge on any atom is 0.221 e. The van der Waals surface area contributed by atoms with E-state index in [-0.39, 0.29) is 11.7 Å². The van der Waals surface area contributed by atoms with E-state index >= 15 is 0 Å². The first-order valence-electron chi connectivity index (χ1n) is 5.58. The molecular weight excluding hydrogens is 284 g/mol. The zero-order valence-corrected chi connectivity index (χ0v) is 11.4. The number of nitrogens with one attached hydrogen (secondary N) is 2. The van der Waals surface area contributed by atoms with E-state index in [9.17, 15) is 9.90 Å². The molecule has 0 aliphatic rings. The summed E-state index contributed by atoms with van der Waals surface area (Å²) in [4.78, 5) is 11.2. The summed E-state index contributed by atoms with van der Waals surface area (Å²) in [5.74, 6) is 0.303. The molecule has 0 atom stereocenters. The fraction of sp³-hybridized carbons (Fsp3) is 0.417. The van der Waals surface area contributed by atoms with Crippen LogP contribution >= 0.6 is 15.9 Å². The quantitative estimate of drug-likeness (QED) is 0.702. The van der Waals surface area contributed by atoms with Gasteiger partial charge < -0.3 is 15.7 Å². The second-order valence-corrected chi connectivity index (χ2v) is 4.57. The third-order valence-electron chi connectivity index (χ3n) is 2.26. The van der Waals surface area contributed by atoms with Crippen molar-refractivity contribution in [3.63, 3.8) is 0 Å². The van der Waals surface area contributed by atoms with E-state index in [1.807, 2.05) is 13.0 Å². The number of phenolic OH excluding ortho intramolecular Hbond substituents is 1. The Morgan fingerprint density at radius 1 is 1.47 bits per heavy atom. The summed E-state index contributed by atoms with van der Waals surface area (Å²) in [5.41, 5.74) is 0.815. The van der Waals surface area contributed by atoms with Gasteiger partial charge in [-0.2, -0.15) is 0 Å². The Bertz CT molecular complexity index is 383. The summed E-state index contributed by atoms with van der Waals surface area (Å²) in [6.07, 6.45) is 0.447. The molecule has 0 aromatic heterocycles. The molecule has 5 heteroatoms. The molecular formula is C12H17BrN2O2. The van der Waals surface area contributed by atoms with Crippen LogP contribution in [0.3, 0.4) is 0 Å². The van der Waals surface area contributed by atoms with Gasteiger partial charge in [-0.25, -0.2) is 0 Å². The molecule has 0 aliphatic heterocycles. The lowest BCUT2D eigenvalue weighted by atomic mass is 10.2. The molecule has 0 unspecified atom stereocenters. The summed E-state index contributed by atoms with van der Waals surface area (Å²) >= 11 is 3.35. The number of phenols is 1. The summed E-state index contributed by atoms with van der Waals surface area (Å²) in [6.45, 7) is 3.69. The van der Waals surface area contributed by atoms with Gasteiger partial charge in [0.25, 0.3) is 0 Å². The molecule has 0 heterocycles. The highest BCUT2D eigenvalue weighted by Crippen LogP contribution is 2.21. The first-order valence-corrected chi connectivity index (χ1v) is 6.37. The Labute approximate surface area is 110 Å². The summed E-state index contributed by atoms with van der Waals surface area (Å²) < 4.78 is 0.927. The van der Waals surface area contributed by atoms with Crippen LogP contribution in [0.5, 0.6) is 5.75 Å². The van der Waals surface area contributed by atoms with Crippen molar-refractivity contribution < 1.29 is 9.90 Å². The number of benzene rings is 1. The summed E-state index contributed by atoms with van der Waals surface area (Å²) in [7, 11) is 0. The molecule has 0 radical (unpaired) electrons. The number of aromatic hydroxyl groups is 1. The van der Waals surface area contributed by atoms with Gasteiger partial charge in [0.1, 0.15) is 5.75 Å². The molecule has 1 aromatic rings. The van der Waals surface area contributed by atoms with Crippen LogP contribution in [-0.4, -0.2) is 24.1 Å². The zero-order chi connectivity index (χ0) is 12.7. The Kier molecular flexibility index (Phi) is 6.00. The number of hydrogen-bond acceptors (Lipinski definition) is 3. The number of amides is 1. The standard InChI is InChI=1S/C12H17BrN2O2/c1-2-15-12(17)5-6-14-8-9-7-10(13)3-4-11(9)16/h3-4,7,14,16H,2,5-6,8H2,1H3,(H,15,17). The second-order valence-electron chi connectivity index (χ2n) is 3.65. The van der Waals surface area contributed by atoms with E-state index in [4.69, 9.17) is 0 Å². The maximum atomic E-state index is 11.2. The number of carbonyl (C=O) groups is 1. The van der Waals surface area contributed by atoms with E-state index in [2.05, 4.69) is 26.6 Å². The predicted octanol–water partition coefficient (Wildman–Crippen LogP) is 1.77. The third-order valence-corrected chi connectivity index (χ3v) is 2.75. The van der Waals surface area contributed by atoms with Gasteiger partial charge >= 0.3 is 0 Å². The molecule has 0 saturated heterocycles. The predicted molar refractivity (Wildman–Crippen MR) is 70.8 cm³/mol. The molecule has 3 N–H and O–H groups in total. The van der Waals surface area contributed by atoms with Crippen molar-refractivity contribution in [3.8, 4) is 5.75 Å². The molecule has 17 heavy (non-hydrogen) atoms. The largest absolute Gasteiger partial charge is 0.508 e. The van der Waals surface area contributed by atoms with Gasteiger partial charge in [0.2, 0.25) is 5.91 Å². The topological polar surface area (TPSA) is 61.4 Å². The van der Waals surface area contributed by atoms with E-state index in [1.165, 1.54) is 0 Å². The van der Waals surface area contributed by atoms with E-state index in [1.54, 1.807) is 12.1 Å². The van der Waals surface area contributed by atoms with Gasteiger partial charge in [0, 0.05) is 36.1 Å². The molecule has 1 amide bonds. The second kappa shape index (κ2) is 7.29. The van der Waals surface area contributed by atoms with Gasteiger partial charge in [-0.1, -0.05) is 15.9 Å². The minimum absolute atomic E-state index is 0.0402. The van der Waals surface area contributed by atoms with Crippen LogP contribution in [0, 0.1) is 0 Å². The number of hydrogen-bond donors (Lipinski definition) is 3. The molecule has 1 aromatic carbocycles. The minimum Gasteiger partial charge on any atom is -0.508 e. The number of rotatable bonds is 6. The van der Waals surface area contributed by atoms with E-state index in [0.717, 1.165) is 10.0 Å². The number of carbonyl (C=O) groups excluding carboxylic acids is 1. The van der Waals surface area contributed by atoms with Gasteiger partial charge in [0.15, 0.2) is 0 Å². The van der Waals surface area contributed by atoms with Crippen LogP contribution in [0.15, 0.2) is 22.7 Å². The Hall–Kier alpha value is -1.07. The average molecular weight is 301 g/mol. The van der Waals surface area contributed by atoms with Crippen molar-refractivity contribution in [2.75, 3.05) is 13.1 Å². The van der Waals surface area contributed by atoms with Gasteiger partial charge in [-0.15, -0.1) is 0 Å². The van der Waals surface area contributed by atoms with E-state index < -0.39 is 0 Å². The van der Waals surface area contributed by atoms with Crippen LogP contribution in [0.25, 0.3) is 0 Å². The molecule has 94 valence electrons. The lowest BCUT2D eigenvalue weighted by Crippen LogP contribution is -2.27. The molecule has 4 nitrogen and oxygen atoms in total. The van der Waals surface area contributed by atoms with Crippen molar-refractivity contribution in [2.24, 2.45) is 0 Å². The molecule has 0 aliphatic carbocycles. The van der Waals surface area contributed by atoms with Crippen LogP contribution in [0.1, 0.15) is 18.9 Å². The van der Waals surface area contributed by atoms with Crippen molar-refractivity contribution in [3.05, 3.63) is 28.2 Å². The number of halogens is 1. The Balaban J connectivity index is 2.31. The van der Waals surface area contributed by atoms with Crippen LogP contribution in [-0.2, 0) is 11.3 Å². The highest BCUT2D eigenvalue weighted by molar-refractivity contribution is 9.10. The SMILES string of the molecule is CCNC(=O)CCNCc1cc(Br)ccc1O. The Morgan fingerprint density at radius 2 is 2.24 bits per heavy atom. The molecule has 0 bridgehead atoms. The molecule has 1 rings (SSSR count). The maximum absolute atomic E-state index is 11.2. The van der Waals surface area contributed by atoms with Crippen LogP contribution in [0.2, 0.25) is 0 Å². The molecule has 0 saturated carbocycles. The Morgan fingerprint density at radius 3 is 2.94 bits per heavy atom. The third kappa shape index (κ3) is 5.19. The van der Waals surface area contributed by atoms with Crippen molar-refractivity contribution >= 4 is 21.8 Å². The smallest absolute Gasteiger partial charge is 0.221 e. The van der Waals surface area contributed by atoms with Gasteiger partial charge in [0.05, 0.1) is 0 Å². The fourth-order valence-electron chi connectivity index (χ4n) is 1.41. The van der Waals surface area contributed by atoms with E-state index in [0.29, 0.717) is 26.1 Å². The first-order chi connectivity index (χ1) is 8.13. The lowest BCUT2D eigenvalue weighted by molar-refractivity contribution is -0.120. The monoisotopic (exact) mass is 300 g/mol. The summed E-state index contributed by atoms with van der Waals surface area (Å²) in [6, 6.07) is 5.28. The molecule has 0 spiro atoms.